The average Bonchev–Trinajstić information content (AvgIpc) is 3.30. The number of hydrogen-bond donors (Lipinski definition) is 1. The van der Waals surface area contributed by atoms with E-state index >= 15 is 0 Å². The first kappa shape index (κ1) is 15.1. The van der Waals surface area contributed by atoms with E-state index in [-0.39, 0.29) is 5.91 Å². The Hall–Kier alpha value is -2.40. The van der Waals surface area contributed by atoms with Crippen molar-refractivity contribution in [3.63, 3.8) is 0 Å². The molecule has 2 aromatic heterocycles. The van der Waals surface area contributed by atoms with Crippen LogP contribution in [0.4, 0.5) is 0 Å². The van der Waals surface area contributed by atoms with E-state index < -0.39 is 0 Å². The van der Waals surface area contributed by atoms with Crippen molar-refractivity contribution in [3.8, 4) is 0 Å². The van der Waals surface area contributed by atoms with Gasteiger partial charge in [-0.25, -0.2) is 4.98 Å². The van der Waals surface area contributed by atoms with Crippen molar-refractivity contribution in [1.29, 1.82) is 0 Å². The molecule has 2 heterocycles. The third-order valence-electron chi connectivity index (χ3n) is 4.44. The fraction of sp³-hybridized carbons (Fsp3) is 0.263. The number of rotatable bonds is 5. The van der Waals surface area contributed by atoms with E-state index in [2.05, 4.69) is 28.5 Å². The molecule has 1 amide bonds. The maximum absolute atomic E-state index is 12.4. The Bertz CT molecular complexity index is 830. The highest BCUT2D eigenvalue weighted by molar-refractivity contribution is 7.14. The molecule has 4 rings (SSSR count). The largest absolute Gasteiger partial charge is 0.347 e. The molecule has 0 spiro atoms. The molecular weight excluding hydrogens is 318 g/mol. The van der Waals surface area contributed by atoms with Gasteiger partial charge in [-0.3, -0.25) is 4.79 Å². The average molecular weight is 337 g/mol. The summed E-state index contributed by atoms with van der Waals surface area (Å²) in [5.41, 5.74) is 3.71. The number of benzene rings is 1. The van der Waals surface area contributed by atoms with E-state index in [0.29, 0.717) is 6.54 Å². The lowest BCUT2D eigenvalue weighted by atomic mass is 10.1. The number of carbonyl (C=O) groups is 1. The van der Waals surface area contributed by atoms with Gasteiger partial charge in [0.2, 0.25) is 0 Å². The van der Waals surface area contributed by atoms with E-state index in [1.165, 1.54) is 22.4 Å². The first-order valence-electron chi connectivity index (χ1n) is 8.22. The lowest BCUT2D eigenvalue weighted by molar-refractivity contribution is 0.0955. The molecule has 0 saturated carbocycles. The lowest BCUT2D eigenvalue weighted by Gasteiger charge is -2.11. The summed E-state index contributed by atoms with van der Waals surface area (Å²) in [5, 5.41) is 3.07. The first-order chi connectivity index (χ1) is 11.8. The van der Waals surface area contributed by atoms with Crippen LogP contribution < -0.4 is 5.32 Å². The van der Waals surface area contributed by atoms with Crippen molar-refractivity contribution >= 4 is 17.2 Å². The van der Waals surface area contributed by atoms with Gasteiger partial charge in [0.1, 0.15) is 0 Å². The zero-order valence-electron chi connectivity index (χ0n) is 13.4. The molecule has 1 aliphatic carbocycles. The molecule has 0 fully saturated rings. The zero-order chi connectivity index (χ0) is 16.4. The van der Waals surface area contributed by atoms with Crippen LogP contribution in [0.2, 0.25) is 0 Å². The summed E-state index contributed by atoms with van der Waals surface area (Å²) in [4.78, 5) is 18.7. The Labute approximate surface area is 145 Å². The summed E-state index contributed by atoms with van der Waals surface area (Å²) in [5.74, 6) is 0.0341. The molecule has 1 N–H and O–H groups in total. The molecule has 1 aliphatic rings. The normalized spacial score (nSPS) is 13.0. The summed E-state index contributed by atoms with van der Waals surface area (Å²) in [6.07, 6.45) is 9.00. The van der Waals surface area contributed by atoms with Crippen LogP contribution in [-0.2, 0) is 25.9 Å². The van der Waals surface area contributed by atoms with Crippen LogP contribution in [-0.4, -0.2) is 15.5 Å². The summed E-state index contributed by atoms with van der Waals surface area (Å²) in [6.45, 7) is 1.31. The molecule has 0 saturated heterocycles. The number of aryl methyl sites for hydroxylation is 2. The Kier molecular flexibility index (Phi) is 4.17. The lowest BCUT2D eigenvalue weighted by Crippen LogP contribution is -2.22. The summed E-state index contributed by atoms with van der Waals surface area (Å²) in [6, 6.07) is 10.3. The van der Waals surface area contributed by atoms with Gasteiger partial charge in [-0.05, 0) is 42.0 Å². The van der Waals surface area contributed by atoms with E-state index in [4.69, 9.17) is 0 Å². The van der Waals surface area contributed by atoms with Gasteiger partial charge in [0, 0.05) is 30.4 Å². The van der Waals surface area contributed by atoms with Crippen molar-refractivity contribution in [1.82, 2.24) is 14.9 Å². The Morgan fingerprint density at radius 3 is 2.92 bits per heavy atom. The Balaban J connectivity index is 1.44. The van der Waals surface area contributed by atoms with Gasteiger partial charge in [-0.2, -0.15) is 0 Å². The van der Waals surface area contributed by atoms with Gasteiger partial charge in [0.25, 0.3) is 5.91 Å². The highest BCUT2D eigenvalue weighted by atomic mass is 32.1. The standard InChI is InChI=1S/C19H19N3OS/c23-19(18-10-14-6-3-7-17(14)24-18)21-11-15-4-1-2-5-16(15)12-22-9-8-20-13-22/h1-2,4-5,8-10,13H,3,6-7,11-12H2,(H,21,23). The molecule has 0 radical (unpaired) electrons. The molecule has 0 bridgehead atoms. The third-order valence-corrected chi connectivity index (χ3v) is 5.68. The monoisotopic (exact) mass is 337 g/mol. The summed E-state index contributed by atoms with van der Waals surface area (Å²) < 4.78 is 2.03. The van der Waals surface area contributed by atoms with Crippen LogP contribution in [0.1, 0.15) is 37.7 Å². The van der Waals surface area contributed by atoms with E-state index in [9.17, 15) is 4.79 Å². The molecular formula is C19H19N3OS. The molecule has 0 atom stereocenters. The SMILES string of the molecule is O=C(NCc1ccccc1Cn1ccnc1)c1cc2c(s1)CCC2. The second-order valence-corrected chi connectivity index (χ2v) is 7.24. The van der Waals surface area contributed by atoms with Gasteiger partial charge < -0.3 is 9.88 Å². The number of amides is 1. The fourth-order valence-electron chi connectivity index (χ4n) is 3.16. The number of fused-ring (bicyclic) bond motifs is 1. The van der Waals surface area contributed by atoms with Crippen LogP contribution in [0.25, 0.3) is 0 Å². The van der Waals surface area contributed by atoms with Crippen LogP contribution in [0.5, 0.6) is 0 Å². The van der Waals surface area contributed by atoms with Crippen LogP contribution >= 0.6 is 11.3 Å². The minimum atomic E-state index is 0.0341. The maximum atomic E-state index is 12.4. The van der Waals surface area contributed by atoms with Gasteiger partial charge in [0.15, 0.2) is 0 Å². The summed E-state index contributed by atoms with van der Waals surface area (Å²) >= 11 is 1.65. The minimum Gasteiger partial charge on any atom is -0.347 e. The van der Waals surface area contributed by atoms with Crippen molar-refractivity contribution in [2.24, 2.45) is 0 Å². The number of carbonyl (C=O) groups excluding carboxylic acids is 1. The molecule has 5 heteroatoms. The van der Waals surface area contributed by atoms with Crippen molar-refractivity contribution in [3.05, 3.63) is 75.5 Å². The smallest absolute Gasteiger partial charge is 0.261 e. The van der Waals surface area contributed by atoms with E-state index in [1.54, 1.807) is 17.5 Å². The molecule has 0 aliphatic heterocycles. The summed E-state index contributed by atoms with van der Waals surface area (Å²) in [7, 11) is 0. The topological polar surface area (TPSA) is 46.9 Å². The predicted octanol–water partition coefficient (Wildman–Crippen LogP) is 3.41. The first-order valence-corrected chi connectivity index (χ1v) is 9.03. The molecule has 0 unspecified atom stereocenters. The number of hydrogen-bond acceptors (Lipinski definition) is 3. The number of nitrogens with one attached hydrogen (secondary N) is 1. The van der Waals surface area contributed by atoms with Crippen molar-refractivity contribution in [2.75, 3.05) is 0 Å². The molecule has 122 valence electrons. The van der Waals surface area contributed by atoms with E-state index in [1.807, 2.05) is 29.2 Å². The zero-order valence-corrected chi connectivity index (χ0v) is 14.2. The molecule has 24 heavy (non-hydrogen) atoms. The number of imidazole rings is 1. The van der Waals surface area contributed by atoms with Gasteiger partial charge in [-0.1, -0.05) is 24.3 Å². The van der Waals surface area contributed by atoms with E-state index in [0.717, 1.165) is 29.8 Å². The number of thiophene rings is 1. The Morgan fingerprint density at radius 2 is 2.12 bits per heavy atom. The van der Waals surface area contributed by atoms with Gasteiger partial charge in [-0.15, -0.1) is 11.3 Å². The molecule has 4 nitrogen and oxygen atoms in total. The van der Waals surface area contributed by atoms with Crippen molar-refractivity contribution < 1.29 is 4.79 Å². The maximum Gasteiger partial charge on any atom is 0.261 e. The molecule has 1 aromatic carbocycles. The second kappa shape index (κ2) is 6.61. The van der Waals surface area contributed by atoms with Crippen LogP contribution in [0.3, 0.4) is 0 Å². The van der Waals surface area contributed by atoms with Crippen LogP contribution in [0, 0.1) is 0 Å². The molecule has 3 aromatic rings. The highest BCUT2D eigenvalue weighted by Gasteiger charge is 2.18. The van der Waals surface area contributed by atoms with Gasteiger partial charge >= 0.3 is 0 Å². The van der Waals surface area contributed by atoms with Gasteiger partial charge in [0.05, 0.1) is 11.2 Å². The Morgan fingerprint density at radius 1 is 1.25 bits per heavy atom. The van der Waals surface area contributed by atoms with Crippen molar-refractivity contribution in [2.45, 2.75) is 32.4 Å². The fourth-order valence-corrected chi connectivity index (χ4v) is 4.33. The number of nitrogens with zero attached hydrogens (tertiary/aromatic N) is 2. The number of aromatic nitrogens is 2. The van der Waals surface area contributed by atoms with Crippen LogP contribution in [0.15, 0.2) is 49.1 Å². The quantitative estimate of drug-likeness (QED) is 0.775. The minimum absolute atomic E-state index is 0.0341. The highest BCUT2D eigenvalue weighted by Crippen LogP contribution is 2.30. The third kappa shape index (κ3) is 3.12. The second-order valence-electron chi connectivity index (χ2n) is 6.10. The predicted molar refractivity (Wildman–Crippen MR) is 95.3 cm³/mol.